The van der Waals surface area contributed by atoms with Crippen molar-refractivity contribution in [2.45, 2.75) is 0 Å². The van der Waals surface area contributed by atoms with Crippen molar-refractivity contribution in [2.24, 2.45) is 0 Å². The van der Waals surface area contributed by atoms with Gasteiger partial charge < -0.3 is 0 Å². The van der Waals surface area contributed by atoms with Crippen molar-refractivity contribution in [3.63, 3.8) is 0 Å². The Hall–Kier alpha value is 0.477. The number of rotatable bonds is 0. The third kappa shape index (κ3) is 2080. The standard InChI is InChI=1S/2AsH3O4/c2*2-1(3,4)5/h2*(H3,2,3,4,5)/p-5. The van der Waals surface area contributed by atoms with E-state index in [-0.39, 0.29) is 0 Å². The van der Waals surface area contributed by atoms with E-state index in [2.05, 4.69) is 0 Å². The van der Waals surface area contributed by atoms with E-state index in [1.807, 2.05) is 0 Å². The molecule has 64 valence electrons. The molecule has 0 saturated carbocycles. The third-order valence-corrected chi connectivity index (χ3v) is 0. The Kier molecular flexibility index (Phi) is 5.73. The summed E-state index contributed by atoms with van der Waals surface area (Å²) in [7, 11) is 0. The summed E-state index contributed by atoms with van der Waals surface area (Å²) in [6, 6.07) is 0. The molecule has 0 heterocycles. The van der Waals surface area contributed by atoms with Gasteiger partial charge in [-0.15, -0.1) is 0 Å². The van der Waals surface area contributed by atoms with Gasteiger partial charge in [0.25, 0.3) is 0 Å². The molecule has 0 radical (unpaired) electrons. The zero-order valence-corrected chi connectivity index (χ0v) is 7.95. The summed E-state index contributed by atoms with van der Waals surface area (Å²) in [5.41, 5.74) is 0. The molecule has 0 aliphatic rings. The van der Waals surface area contributed by atoms with Gasteiger partial charge in [0.05, 0.1) is 0 Å². The van der Waals surface area contributed by atoms with Crippen molar-refractivity contribution in [1.29, 1.82) is 0 Å². The molecular weight excluding hydrogens is 278 g/mol. The van der Waals surface area contributed by atoms with Crippen LogP contribution in [0.1, 0.15) is 0 Å². The van der Waals surface area contributed by atoms with E-state index in [0.29, 0.717) is 0 Å². The molecule has 0 bridgehead atoms. The molecule has 0 spiro atoms. The van der Waals surface area contributed by atoms with Crippen molar-refractivity contribution in [2.75, 3.05) is 0 Å². The minimum atomic E-state index is -5.88. The molecule has 0 unspecified atom stereocenters. The molecule has 0 amide bonds. The Morgan fingerprint density at radius 1 is 0.900 bits per heavy atom. The Bertz CT molecular complexity index is 120. The van der Waals surface area contributed by atoms with Gasteiger partial charge in [0.2, 0.25) is 0 Å². The van der Waals surface area contributed by atoms with Gasteiger partial charge in [-0.3, -0.25) is 0 Å². The van der Waals surface area contributed by atoms with Gasteiger partial charge in [-0.05, 0) is 0 Å². The number of hydrogen-bond acceptors (Lipinski definition) is 7. The molecule has 0 aliphatic heterocycles. The second-order valence-corrected chi connectivity index (χ2v) is 4.76. The predicted molar refractivity (Wildman–Crippen MR) is 15.1 cm³/mol. The summed E-state index contributed by atoms with van der Waals surface area (Å²) in [5.74, 6) is 0. The second-order valence-electron chi connectivity index (χ2n) is 0.916. The van der Waals surface area contributed by atoms with Crippen LogP contribution >= 0.6 is 0 Å². The molecule has 1 N–H and O–H groups in total. The van der Waals surface area contributed by atoms with E-state index < -0.39 is 29.0 Å². The molecule has 0 aromatic rings. The van der Waals surface area contributed by atoms with E-state index in [0.717, 1.165) is 0 Å². The van der Waals surface area contributed by atoms with Crippen LogP contribution in [0.2, 0.25) is 0 Å². The van der Waals surface area contributed by atoms with Crippen LogP contribution in [0.4, 0.5) is 0 Å². The fourth-order valence-electron chi connectivity index (χ4n) is 0. The fraction of sp³-hybridized carbons (Fsp3) is 0. The third-order valence-electron chi connectivity index (χ3n) is 0. The van der Waals surface area contributed by atoms with Crippen LogP contribution in [-0.2, 0) is 7.48 Å². The molecule has 0 fully saturated rings. The first kappa shape index (κ1) is 13.1. The van der Waals surface area contributed by atoms with Crippen LogP contribution in [0.15, 0.2) is 0 Å². The summed E-state index contributed by atoms with van der Waals surface area (Å²) in [4.78, 5) is 0. The maximum atomic E-state index is 8.72. The minimum absolute atomic E-state index is 5.62. The first-order chi connectivity index (χ1) is 4.00. The van der Waals surface area contributed by atoms with Gasteiger partial charge in [0, 0.05) is 0 Å². The molecule has 0 rings (SSSR count). The summed E-state index contributed by atoms with van der Waals surface area (Å²) in [6.07, 6.45) is 0. The molecule has 0 saturated heterocycles. The fourth-order valence-corrected chi connectivity index (χ4v) is 0. The van der Waals surface area contributed by atoms with E-state index >= 15 is 0 Å². The van der Waals surface area contributed by atoms with Crippen LogP contribution in [0, 0.1) is 0 Å². The van der Waals surface area contributed by atoms with Gasteiger partial charge in [0.15, 0.2) is 0 Å². The van der Waals surface area contributed by atoms with Crippen molar-refractivity contribution in [1.82, 2.24) is 0 Å². The molecule has 0 aromatic heterocycles. The van der Waals surface area contributed by atoms with E-state index in [9.17, 15) is 0 Å². The molecule has 0 aliphatic carbocycles. The zero-order chi connectivity index (χ0) is 9.00. The van der Waals surface area contributed by atoms with Crippen molar-refractivity contribution < 1.29 is 32.1 Å². The monoisotopic (exact) mass is 279 g/mol. The van der Waals surface area contributed by atoms with Crippen molar-refractivity contribution >= 4 is 29.0 Å². The van der Waals surface area contributed by atoms with E-state index in [1.165, 1.54) is 0 Å². The SMILES string of the molecule is O=[As]([O-])([O-])O.O=[As]([O-])([O-])[O-]. The Balaban J connectivity index is 0. The zero-order valence-electron chi connectivity index (χ0n) is 4.20. The summed E-state index contributed by atoms with van der Waals surface area (Å²) >= 11 is -11.5. The van der Waals surface area contributed by atoms with Crippen molar-refractivity contribution in [3.05, 3.63) is 0 Å². The summed E-state index contributed by atoms with van der Waals surface area (Å²) < 4.78 is 67.6. The Morgan fingerprint density at radius 2 is 0.900 bits per heavy atom. The molecule has 10 heteroatoms. The van der Waals surface area contributed by atoms with Crippen molar-refractivity contribution in [3.8, 4) is 0 Å². The van der Waals surface area contributed by atoms with Crippen LogP contribution in [0.3, 0.4) is 0 Å². The normalized spacial score (nSPS) is 11.8. The van der Waals surface area contributed by atoms with Gasteiger partial charge in [0.1, 0.15) is 0 Å². The van der Waals surface area contributed by atoms with E-state index in [4.69, 9.17) is 32.1 Å². The van der Waals surface area contributed by atoms with Crippen LogP contribution in [0.25, 0.3) is 0 Å². The average molecular weight is 279 g/mol. The molecule has 0 aromatic carbocycles. The maximum absolute atomic E-state index is 8.72. The molecule has 0 atom stereocenters. The Morgan fingerprint density at radius 3 is 0.900 bits per heavy atom. The summed E-state index contributed by atoms with van der Waals surface area (Å²) in [5, 5.41) is 0. The van der Waals surface area contributed by atoms with E-state index in [1.54, 1.807) is 0 Å². The van der Waals surface area contributed by atoms with Gasteiger partial charge in [-0.2, -0.15) is 0 Å². The topological polar surface area (TPSA) is 170 Å². The predicted octanol–water partition coefficient (Wildman–Crippen LogP) is -7.50. The first-order valence-corrected chi connectivity index (χ1v) is 7.68. The number of hydrogen-bond donors (Lipinski definition) is 1. The Labute approximate surface area is 61.5 Å². The molecule has 10 heavy (non-hydrogen) atoms. The second kappa shape index (κ2) is 4.37. The average Bonchev–Trinajstić information content (AvgIpc) is 1.12. The van der Waals surface area contributed by atoms with Gasteiger partial charge in [-0.1, -0.05) is 0 Å². The van der Waals surface area contributed by atoms with Crippen LogP contribution < -0.4 is 20.5 Å². The van der Waals surface area contributed by atoms with Gasteiger partial charge in [-0.25, -0.2) is 0 Å². The quantitative estimate of drug-likeness (QED) is 0.426. The summed E-state index contributed by atoms with van der Waals surface area (Å²) in [6.45, 7) is 0. The van der Waals surface area contributed by atoms with Crippen LogP contribution in [-0.4, -0.2) is 33.1 Å². The molecular formula is HAs2O8-5. The van der Waals surface area contributed by atoms with Crippen LogP contribution in [0.5, 0.6) is 0 Å². The molecule has 8 nitrogen and oxygen atoms in total. The first-order valence-electron chi connectivity index (χ1n) is 1.48. The van der Waals surface area contributed by atoms with Gasteiger partial charge >= 0.3 is 61.1 Å².